The normalized spacial score (nSPS) is 14.5. The van der Waals surface area contributed by atoms with Gasteiger partial charge in [-0.25, -0.2) is 0 Å². The van der Waals surface area contributed by atoms with Gasteiger partial charge in [0, 0.05) is 12.0 Å². The summed E-state index contributed by atoms with van der Waals surface area (Å²) < 4.78 is 0. The Balaban J connectivity index is 3.92. The van der Waals surface area contributed by atoms with Gasteiger partial charge in [-0.05, 0) is 33.1 Å². The van der Waals surface area contributed by atoms with E-state index in [0.717, 1.165) is 6.54 Å². The first-order chi connectivity index (χ1) is 5.73. The largest absolute Gasteiger partial charge is 0.481 e. The van der Waals surface area contributed by atoms with Crippen molar-refractivity contribution in [1.29, 1.82) is 0 Å². The highest BCUT2D eigenvalue weighted by molar-refractivity contribution is 6.13. The Morgan fingerprint density at radius 2 is 2.00 bits per heavy atom. The average molecular weight is 183 g/mol. The molecule has 0 rings (SSSR count). The molecule has 0 aliphatic carbocycles. The minimum Gasteiger partial charge on any atom is -0.481 e. The lowest BCUT2D eigenvalue weighted by Gasteiger charge is -2.34. The van der Waals surface area contributed by atoms with Gasteiger partial charge in [0.25, 0.3) is 0 Å². The average Bonchev–Trinajstić information content (AvgIpc) is 1.82. The van der Waals surface area contributed by atoms with Gasteiger partial charge >= 0.3 is 5.97 Å². The lowest BCUT2D eigenvalue weighted by molar-refractivity contribution is -0.137. The molecular formula is C8H19B2NO2. The maximum atomic E-state index is 10.4. The molecule has 3 nitrogen and oxygen atoms in total. The van der Waals surface area contributed by atoms with E-state index in [2.05, 4.69) is 25.6 Å². The number of hydrogen-bond donors (Lipinski definition) is 1. The summed E-state index contributed by atoms with van der Waals surface area (Å²) in [5.74, 6) is -0.503. The van der Waals surface area contributed by atoms with Crippen molar-refractivity contribution in [3.8, 4) is 0 Å². The van der Waals surface area contributed by atoms with E-state index in [1.54, 1.807) is 0 Å². The number of rotatable bonds is 4. The summed E-state index contributed by atoms with van der Waals surface area (Å²) in [7, 11) is 3.99. The first kappa shape index (κ1) is 12.6. The first-order valence-electron chi connectivity index (χ1n) is 4.66. The molecule has 0 amide bonds. The van der Waals surface area contributed by atoms with Gasteiger partial charge in [-0.1, -0.05) is 0 Å². The third-order valence-corrected chi connectivity index (χ3v) is 2.25. The molecule has 1 N–H and O–H groups in total. The van der Waals surface area contributed by atoms with Crippen LogP contribution in [0.15, 0.2) is 0 Å². The highest BCUT2D eigenvalue weighted by Gasteiger charge is 2.19. The van der Waals surface area contributed by atoms with Crippen LogP contribution < -0.4 is 0 Å². The molecule has 0 aromatic heterocycles. The van der Waals surface area contributed by atoms with Gasteiger partial charge in [0.2, 0.25) is 0 Å². The summed E-state index contributed by atoms with van der Waals surface area (Å²) >= 11 is 0. The van der Waals surface area contributed by atoms with Crippen LogP contribution in [-0.4, -0.2) is 43.8 Å². The Kier molecular flexibility index (Phi) is 4.54. The maximum Gasteiger partial charge on any atom is 0.302 e. The minimum absolute atomic E-state index is 0.118. The van der Waals surface area contributed by atoms with E-state index in [-0.39, 0.29) is 17.8 Å². The standard InChI is InChI=1S/C8H19B2NO2/c1-8(2,3)11(10)5-6(9)4-7(12)13/h6H,4-5,9-10H2,1-3H3,(H,12,13). The lowest BCUT2D eigenvalue weighted by atomic mass is 9.82. The molecule has 0 fully saturated rings. The molecule has 0 aromatic rings. The quantitative estimate of drug-likeness (QED) is 0.599. The van der Waals surface area contributed by atoms with Crippen LogP contribution in [0.3, 0.4) is 0 Å². The number of carboxylic acid groups (broad SMARTS) is 1. The molecule has 5 heteroatoms. The molecule has 0 heterocycles. The second-order valence-corrected chi connectivity index (χ2v) is 4.75. The van der Waals surface area contributed by atoms with Crippen LogP contribution in [0, 0.1) is 0 Å². The molecule has 74 valence electrons. The Bertz CT molecular complexity index is 179. The molecule has 0 aromatic carbocycles. The zero-order valence-electron chi connectivity index (χ0n) is 9.29. The van der Waals surface area contributed by atoms with E-state index >= 15 is 0 Å². The molecule has 0 bridgehead atoms. The molecule has 0 spiro atoms. The summed E-state index contributed by atoms with van der Waals surface area (Å²) in [5.41, 5.74) is 0.118. The lowest BCUT2D eigenvalue weighted by Crippen LogP contribution is -2.41. The minimum atomic E-state index is -0.713. The van der Waals surface area contributed by atoms with Crippen LogP contribution >= 0.6 is 0 Å². The molecule has 0 aliphatic heterocycles. The summed E-state index contributed by atoms with van der Waals surface area (Å²) in [4.78, 5) is 12.6. The molecule has 0 saturated heterocycles. The third kappa shape index (κ3) is 5.75. The molecule has 13 heavy (non-hydrogen) atoms. The van der Waals surface area contributed by atoms with Crippen molar-refractivity contribution < 1.29 is 9.90 Å². The number of aliphatic carboxylic acids is 1. The molecule has 0 saturated carbocycles. The van der Waals surface area contributed by atoms with Crippen molar-refractivity contribution in [3.05, 3.63) is 0 Å². The van der Waals surface area contributed by atoms with E-state index in [4.69, 9.17) is 5.11 Å². The van der Waals surface area contributed by atoms with Gasteiger partial charge in [0.05, 0.1) is 0 Å². The van der Waals surface area contributed by atoms with Crippen molar-refractivity contribution in [1.82, 2.24) is 4.81 Å². The fraction of sp³-hybridized carbons (Fsp3) is 0.875. The first-order valence-corrected chi connectivity index (χ1v) is 4.66. The van der Waals surface area contributed by atoms with Crippen LogP contribution in [0.25, 0.3) is 0 Å². The van der Waals surface area contributed by atoms with Gasteiger partial charge in [-0.2, -0.15) is 0 Å². The number of hydrogen-bond acceptors (Lipinski definition) is 2. The van der Waals surface area contributed by atoms with Crippen molar-refractivity contribution in [2.45, 2.75) is 38.5 Å². The van der Waals surface area contributed by atoms with Crippen molar-refractivity contribution >= 4 is 21.8 Å². The predicted octanol–water partition coefficient (Wildman–Crippen LogP) is -0.469. The smallest absolute Gasteiger partial charge is 0.302 e. The van der Waals surface area contributed by atoms with Gasteiger partial charge in [-0.15, -0.1) is 0 Å². The predicted molar refractivity (Wildman–Crippen MR) is 59.5 cm³/mol. The van der Waals surface area contributed by atoms with Crippen LogP contribution in [0.2, 0.25) is 5.82 Å². The topological polar surface area (TPSA) is 40.5 Å². The second-order valence-electron chi connectivity index (χ2n) is 4.75. The Morgan fingerprint density at radius 3 is 2.31 bits per heavy atom. The van der Waals surface area contributed by atoms with Gasteiger partial charge in [0.15, 0.2) is 7.98 Å². The second kappa shape index (κ2) is 4.70. The van der Waals surface area contributed by atoms with Crippen molar-refractivity contribution in [2.24, 2.45) is 0 Å². The number of carboxylic acids is 1. The van der Waals surface area contributed by atoms with Crippen LogP contribution in [0.1, 0.15) is 27.2 Å². The highest BCUT2D eigenvalue weighted by atomic mass is 16.4. The fourth-order valence-electron chi connectivity index (χ4n) is 1.10. The van der Waals surface area contributed by atoms with Crippen LogP contribution in [0.4, 0.5) is 0 Å². The molecule has 1 unspecified atom stereocenters. The van der Waals surface area contributed by atoms with E-state index in [1.165, 1.54) is 0 Å². The molecular weight excluding hydrogens is 164 g/mol. The van der Waals surface area contributed by atoms with Crippen LogP contribution in [0.5, 0.6) is 0 Å². The summed E-state index contributed by atoms with van der Waals surface area (Å²) in [6.45, 7) is 7.21. The molecule has 0 radical (unpaired) electrons. The number of carbonyl (C=O) groups is 1. The third-order valence-electron chi connectivity index (χ3n) is 2.25. The SMILES string of the molecule is BC(CC(=O)O)CN(B)C(C)(C)C. The highest BCUT2D eigenvalue weighted by Crippen LogP contribution is 2.15. The monoisotopic (exact) mass is 183 g/mol. The van der Waals surface area contributed by atoms with E-state index in [1.807, 2.05) is 15.8 Å². The van der Waals surface area contributed by atoms with Crippen LogP contribution in [-0.2, 0) is 4.79 Å². The van der Waals surface area contributed by atoms with Gasteiger partial charge in [-0.3, -0.25) is 4.79 Å². The zero-order valence-corrected chi connectivity index (χ0v) is 9.29. The van der Waals surface area contributed by atoms with E-state index in [9.17, 15) is 4.79 Å². The number of nitrogens with zero attached hydrogens (tertiary/aromatic N) is 1. The van der Waals surface area contributed by atoms with E-state index in [0.29, 0.717) is 0 Å². The summed E-state index contributed by atoms with van der Waals surface area (Å²) in [6, 6.07) is 0. The van der Waals surface area contributed by atoms with Gasteiger partial charge in [0.1, 0.15) is 7.85 Å². The zero-order chi connectivity index (χ0) is 10.6. The molecule has 0 aliphatic rings. The summed E-state index contributed by atoms with van der Waals surface area (Å²) in [5, 5.41) is 8.58. The van der Waals surface area contributed by atoms with Crippen molar-refractivity contribution in [3.63, 3.8) is 0 Å². The molecule has 1 atom stereocenters. The van der Waals surface area contributed by atoms with E-state index < -0.39 is 5.97 Å². The van der Waals surface area contributed by atoms with Crippen molar-refractivity contribution in [2.75, 3.05) is 6.54 Å². The Labute approximate surface area is 82.3 Å². The Morgan fingerprint density at radius 1 is 1.54 bits per heavy atom. The summed E-state index contributed by atoms with van der Waals surface area (Å²) in [6.07, 6.45) is 0.250. The Hall–Kier alpha value is -0.440. The van der Waals surface area contributed by atoms with Gasteiger partial charge < -0.3 is 9.92 Å². The fourth-order valence-corrected chi connectivity index (χ4v) is 1.10. The maximum absolute atomic E-state index is 10.4.